The van der Waals surface area contributed by atoms with Crippen molar-refractivity contribution in [2.45, 2.75) is 92.9 Å². The zero-order valence-corrected chi connectivity index (χ0v) is 27.7. The zero-order chi connectivity index (χ0) is 25.6. The summed E-state index contributed by atoms with van der Waals surface area (Å²) in [6.45, 7) is 22.7. The van der Waals surface area contributed by atoms with Gasteiger partial charge in [-0.05, 0) is 0 Å². The van der Waals surface area contributed by atoms with Crippen LogP contribution in [0.3, 0.4) is 0 Å². The Balaban J connectivity index is 2.45. The van der Waals surface area contributed by atoms with Gasteiger partial charge in [-0.15, -0.1) is 0 Å². The van der Waals surface area contributed by atoms with Crippen LogP contribution in [0.4, 0.5) is 11.4 Å². The molecule has 0 saturated carbocycles. The summed E-state index contributed by atoms with van der Waals surface area (Å²) in [7, 11) is 0.565. The summed E-state index contributed by atoms with van der Waals surface area (Å²) >= 11 is 3.15. The second kappa shape index (κ2) is 13.3. The van der Waals surface area contributed by atoms with Crippen LogP contribution in [0, 0.1) is 0 Å². The van der Waals surface area contributed by atoms with Crippen molar-refractivity contribution in [3.8, 4) is 0 Å². The maximum atomic E-state index is 5.19. The van der Waals surface area contributed by atoms with Gasteiger partial charge in [0.05, 0.1) is 0 Å². The van der Waals surface area contributed by atoms with E-state index in [1.807, 2.05) is 0 Å². The van der Waals surface area contributed by atoms with Crippen molar-refractivity contribution >= 4 is 55.5 Å². The predicted molar refractivity (Wildman–Crippen MR) is 159 cm³/mol. The van der Waals surface area contributed by atoms with E-state index in [9.17, 15) is 0 Å². The number of aliphatic imine (C=N–C) groups is 1. The van der Waals surface area contributed by atoms with Crippen LogP contribution in [0.2, 0.25) is 0 Å². The number of hydrogen-bond donors (Lipinski definition) is 0. The fourth-order valence-electron chi connectivity index (χ4n) is 4.21. The molecule has 0 N–H and O–H groups in total. The van der Waals surface area contributed by atoms with Crippen molar-refractivity contribution in [1.29, 1.82) is 0 Å². The summed E-state index contributed by atoms with van der Waals surface area (Å²) in [6.07, 6.45) is 0. The van der Waals surface area contributed by atoms with Gasteiger partial charge in [-0.25, -0.2) is 0 Å². The van der Waals surface area contributed by atoms with Gasteiger partial charge in [0, 0.05) is 0 Å². The first kappa shape index (κ1) is 29.2. The van der Waals surface area contributed by atoms with Gasteiger partial charge >= 0.3 is 227 Å². The molecule has 34 heavy (non-hydrogen) atoms. The number of benzene rings is 2. The topological polar surface area (TPSA) is 15.6 Å². The Morgan fingerprint density at radius 1 is 0.794 bits per heavy atom. The third-order valence-electron chi connectivity index (χ3n) is 6.17. The summed E-state index contributed by atoms with van der Waals surface area (Å²) in [6, 6.07) is 13.5. The molecule has 0 bridgehead atoms. The minimum atomic E-state index is -0.792. The van der Waals surface area contributed by atoms with Gasteiger partial charge in [-0.2, -0.15) is 0 Å². The average Bonchev–Trinajstić information content (AvgIpc) is 2.77. The summed E-state index contributed by atoms with van der Waals surface area (Å²) in [4.78, 5) is 5.19. The molecule has 2 aromatic carbocycles. The fourth-order valence-corrected chi connectivity index (χ4v) is 9.31. The SMILES string of the molecule is CC(=Nc1c(C(C)C)cccc1C(C)C)[Si]/C=C(/C)[N]([Ga][Br])c1c(C(C)C)cccc1C(C)C. The molecule has 0 amide bonds. The Hall–Kier alpha value is -1.02. The second-order valence-electron chi connectivity index (χ2n) is 10.3. The summed E-state index contributed by atoms with van der Waals surface area (Å²) in [5.74, 6) is 1.91. The molecular formula is C29H41BrGaN2Si. The van der Waals surface area contributed by atoms with Crippen LogP contribution < -0.4 is 3.61 Å². The van der Waals surface area contributed by atoms with E-state index in [1.165, 1.54) is 44.7 Å². The van der Waals surface area contributed by atoms with E-state index in [4.69, 9.17) is 4.99 Å². The molecule has 3 radical (unpaired) electrons. The van der Waals surface area contributed by atoms with Crippen LogP contribution >= 0.6 is 13.6 Å². The van der Waals surface area contributed by atoms with Crippen molar-refractivity contribution < 1.29 is 0 Å². The quantitative estimate of drug-likeness (QED) is 0.198. The first-order valence-corrected chi connectivity index (χ1v) is 20.3. The Kier molecular flexibility index (Phi) is 11.5. The molecule has 0 saturated heterocycles. The molecule has 0 aliphatic heterocycles. The molecule has 0 atom stereocenters. The van der Waals surface area contributed by atoms with Gasteiger partial charge in [-0.3, -0.25) is 0 Å². The van der Waals surface area contributed by atoms with Crippen LogP contribution in [0.15, 0.2) is 52.8 Å². The number of hydrogen-bond acceptors (Lipinski definition) is 2. The zero-order valence-electron chi connectivity index (χ0n) is 22.7. The van der Waals surface area contributed by atoms with E-state index in [2.05, 4.69) is 129 Å². The number of allylic oxidation sites excluding steroid dienone is 1. The predicted octanol–water partition coefficient (Wildman–Crippen LogP) is 9.23. The molecule has 181 valence electrons. The second-order valence-corrected chi connectivity index (χ2v) is 15.2. The van der Waals surface area contributed by atoms with Crippen LogP contribution in [0.1, 0.15) is 115 Å². The minimum absolute atomic E-state index is 0.462. The normalized spacial score (nSPS) is 12.9. The molecule has 0 aliphatic carbocycles. The van der Waals surface area contributed by atoms with E-state index in [0.717, 1.165) is 0 Å². The molecule has 0 aromatic heterocycles. The van der Waals surface area contributed by atoms with Crippen molar-refractivity contribution in [2.24, 2.45) is 4.99 Å². The third-order valence-corrected chi connectivity index (χ3v) is 11.2. The van der Waals surface area contributed by atoms with Gasteiger partial charge in [0.2, 0.25) is 0 Å². The van der Waals surface area contributed by atoms with Crippen LogP contribution in [0.25, 0.3) is 0 Å². The van der Waals surface area contributed by atoms with E-state index >= 15 is 0 Å². The molecule has 5 heteroatoms. The van der Waals surface area contributed by atoms with E-state index in [0.29, 0.717) is 33.2 Å². The Labute approximate surface area is 225 Å². The van der Waals surface area contributed by atoms with Crippen molar-refractivity contribution in [2.75, 3.05) is 3.61 Å². The maximum absolute atomic E-state index is 5.19. The summed E-state index contributed by atoms with van der Waals surface area (Å²) in [5.41, 5.74) is 11.9. The number of rotatable bonds is 10. The fraction of sp³-hybridized carbons (Fsp3) is 0.483. The van der Waals surface area contributed by atoms with Crippen molar-refractivity contribution in [3.05, 3.63) is 70.0 Å². The molecule has 0 spiro atoms. The molecule has 0 aliphatic rings. The molecule has 0 fully saturated rings. The molecule has 2 nitrogen and oxygen atoms in total. The molecule has 2 aromatic rings. The Bertz CT molecular complexity index is 972. The molecule has 0 unspecified atom stereocenters. The average molecular weight is 595 g/mol. The van der Waals surface area contributed by atoms with E-state index in [1.54, 1.807) is 0 Å². The number of para-hydroxylation sites is 2. The van der Waals surface area contributed by atoms with Crippen LogP contribution in [-0.4, -0.2) is 30.5 Å². The van der Waals surface area contributed by atoms with Gasteiger partial charge in [0.15, 0.2) is 0 Å². The first-order valence-electron chi connectivity index (χ1n) is 12.5. The van der Waals surface area contributed by atoms with Crippen molar-refractivity contribution in [1.82, 2.24) is 0 Å². The standard InChI is InChI=1S/C29H41N2Si.BrH.Ga/c1-18(2)24-13-11-14-25(19(3)4)28(24)30-22(9)17-32-23(10)31-29-26(20(5)6)15-12-16-27(29)21(7)8;;/h11-21H,1-10H3;1H;/q-1;;+2/p-1/b22-17-,31-23?;;. The number of halogens is 1. The van der Waals surface area contributed by atoms with Gasteiger partial charge < -0.3 is 0 Å². The molecular weight excluding hydrogens is 554 g/mol. The molecule has 0 heterocycles. The molecule has 2 rings (SSSR count). The van der Waals surface area contributed by atoms with E-state index < -0.39 is 15.7 Å². The van der Waals surface area contributed by atoms with Gasteiger partial charge in [-0.1, -0.05) is 0 Å². The summed E-state index contributed by atoms with van der Waals surface area (Å²) < 4.78 is 2.58. The number of anilines is 1. The van der Waals surface area contributed by atoms with E-state index in [-0.39, 0.29) is 0 Å². The van der Waals surface area contributed by atoms with Gasteiger partial charge in [0.1, 0.15) is 0 Å². The Morgan fingerprint density at radius 3 is 1.59 bits per heavy atom. The summed E-state index contributed by atoms with van der Waals surface area (Å²) in [5, 5.41) is 1.19. The third kappa shape index (κ3) is 7.25. The van der Waals surface area contributed by atoms with Crippen LogP contribution in [0.5, 0.6) is 0 Å². The van der Waals surface area contributed by atoms with Crippen molar-refractivity contribution in [3.63, 3.8) is 0 Å². The number of nitrogens with zero attached hydrogens (tertiary/aromatic N) is 2. The first-order chi connectivity index (χ1) is 16.0. The Morgan fingerprint density at radius 2 is 1.21 bits per heavy atom. The monoisotopic (exact) mass is 593 g/mol. The van der Waals surface area contributed by atoms with Gasteiger partial charge in [0.25, 0.3) is 0 Å². The van der Waals surface area contributed by atoms with Crippen LogP contribution in [-0.2, 0) is 0 Å².